The van der Waals surface area contributed by atoms with Gasteiger partial charge in [0.2, 0.25) is 5.91 Å². The van der Waals surface area contributed by atoms with Gasteiger partial charge in [0.05, 0.1) is 17.1 Å². The van der Waals surface area contributed by atoms with Crippen LogP contribution in [0.2, 0.25) is 0 Å². The fraction of sp³-hybridized carbons (Fsp3) is 0.583. The Hall–Kier alpha value is -2.58. The number of carboxylic acids is 1. The highest BCUT2D eigenvalue weighted by Gasteiger charge is 2.73. The number of piperidine rings is 1. The van der Waals surface area contributed by atoms with Gasteiger partial charge < -0.3 is 25.4 Å². The van der Waals surface area contributed by atoms with E-state index in [1.165, 1.54) is 12.8 Å². The lowest BCUT2D eigenvalue weighted by Gasteiger charge is -2.64. The van der Waals surface area contributed by atoms with Crippen molar-refractivity contribution in [1.29, 1.82) is 0 Å². The summed E-state index contributed by atoms with van der Waals surface area (Å²) in [6, 6.07) is 3.20. The normalized spacial score (nSPS) is 37.1. The van der Waals surface area contributed by atoms with Crippen LogP contribution in [0.4, 0.5) is 0 Å². The molecule has 2 saturated carbocycles. The number of nitrogens with zero attached hydrogens (tertiary/aromatic N) is 1. The molecule has 3 fully saturated rings. The molecule has 2 heterocycles. The first kappa shape index (κ1) is 20.1. The summed E-state index contributed by atoms with van der Waals surface area (Å²) in [6.07, 6.45) is 6.27. The molecule has 1 amide bonds. The van der Waals surface area contributed by atoms with Crippen LogP contribution in [-0.2, 0) is 21.4 Å². The third kappa shape index (κ3) is 2.62. The molecule has 8 nitrogen and oxygen atoms in total. The van der Waals surface area contributed by atoms with Crippen LogP contribution in [-0.4, -0.2) is 69.0 Å². The zero-order chi connectivity index (χ0) is 22.3. The van der Waals surface area contributed by atoms with E-state index < -0.39 is 35.0 Å². The van der Waals surface area contributed by atoms with Crippen LogP contribution < -0.4 is 10.1 Å². The lowest BCUT2D eigenvalue weighted by Crippen LogP contribution is -2.78. The minimum atomic E-state index is -1.19. The molecule has 3 aliphatic carbocycles. The van der Waals surface area contributed by atoms with Gasteiger partial charge in [-0.2, -0.15) is 0 Å². The van der Waals surface area contributed by atoms with Crippen LogP contribution in [0.25, 0.3) is 0 Å². The van der Waals surface area contributed by atoms with Gasteiger partial charge in [-0.1, -0.05) is 6.07 Å². The van der Waals surface area contributed by atoms with Crippen molar-refractivity contribution in [3.05, 3.63) is 35.4 Å². The molecule has 32 heavy (non-hydrogen) atoms. The quantitative estimate of drug-likeness (QED) is 0.506. The molecular formula is C24H28N2O6. The van der Waals surface area contributed by atoms with Crippen molar-refractivity contribution in [2.45, 2.75) is 67.7 Å². The molecule has 1 unspecified atom stereocenters. The summed E-state index contributed by atoms with van der Waals surface area (Å²) in [4.78, 5) is 25.7. The lowest BCUT2D eigenvalue weighted by atomic mass is 9.48. The zero-order valence-electron chi connectivity index (χ0n) is 17.8. The van der Waals surface area contributed by atoms with Crippen molar-refractivity contribution in [3.63, 3.8) is 0 Å². The van der Waals surface area contributed by atoms with Crippen molar-refractivity contribution >= 4 is 11.9 Å². The monoisotopic (exact) mass is 440 g/mol. The second-order valence-corrected chi connectivity index (χ2v) is 10.1. The number of nitrogens with one attached hydrogen (secondary N) is 1. The summed E-state index contributed by atoms with van der Waals surface area (Å²) >= 11 is 0. The summed E-state index contributed by atoms with van der Waals surface area (Å²) in [5, 5.41) is 34.7. The molecule has 1 spiro atoms. The number of hydrogen-bond donors (Lipinski definition) is 4. The second-order valence-electron chi connectivity index (χ2n) is 10.1. The number of phenols is 1. The predicted octanol–water partition coefficient (Wildman–Crippen LogP) is 1.08. The van der Waals surface area contributed by atoms with Gasteiger partial charge >= 0.3 is 5.97 Å². The molecule has 4 N–H and O–H groups in total. The van der Waals surface area contributed by atoms with Gasteiger partial charge in [-0.15, -0.1) is 0 Å². The predicted molar refractivity (Wildman–Crippen MR) is 113 cm³/mol. The molecule has 170 valence electrons. The first-order valence-corrected chi connectivity index (χ1v) is 11.5. The average Bonchev–Trinajstić information content (AvgIpc) is 3.49. The molecule has 1 saturated heterocycles. The zero-order valence-corrected chi connectivity index (χ0v) is 17.8. The Bertz CT molecular complexity index is 1040. The molecule has 1 aromatic rings. The number of amides is 1. The largest absolute Gasteiger partial charge is 0.504 e. The smallest absolute Gasteiger partial charge is 0.328 e. The van der Waals surface area contributed by atoms with Crippen molar-refractivity contribution < 1.29 is 29.6 Å². The van der Waals surface area contributed by atoms with Crippen LogP contribution in [0.5, 0.6) is 11.5 Å². The van der Waals surface area contributed by atoms with Crippen LogP contribution in [0.1, 0.15) is 43.2 Å². The number of aliphatic carboxylic acids is 1. The van der Waals surface area contributed by atoms with Crippen molar-refractivity contribution in [2.24, 2.45) is 5.92 Å². The highest BCUT2D eigenvalue weighted by atomic mass is 16.5. The molecule has 5 atom stereocenters. The number of aliphatic hydroxyl groups is 1. The van der Waals surface area contributed by atoms with E-state index in [-0.39, 0.29) is 11.8 Å². The standard InChI is InChI=1S/C24H28N2O6/c27-16-4-3-14-11-17-24(31)8-7-15(25-18(28)5-6-19(29)30)22-23(24,20(14)21(16)32-22)9-10-26(17)12-13-1-2-13/h3-6,13,15,17,22,27,31H,1-2,7-12H2,(H,25,28)(H,29,30)/b6-5+/t15?,17-,22+,23+,24-/m1/s1. The first-order chi connectivity index (χ1) is 15.3. The third-order valence-electron chi connectivity index (χ3n) is 8.47. The number of hydrogen-bond acceptors (Lipinski definition) is 6. The summed E-state index contributed by atoms with van der Waals surface area (Å²) < 4.78 is 6.36. The van der Waals surface area contributed by atoms with Crippen molar-refractivity contribution in [3.8, 4) is 11.5 Å². The van der Waals surface area contributed by atoms with Crippen LogP contribution in [0.15, 0.2) is 24.3 Å². The van der Waals surface area contributed by atoms with Gasteiger partial charge in [0, 0.05) is 30.3 Å². The van der Waals surface area contributed by atoms with Crippen LogP contribution >= 0.6 is 0 Å². The van der Waals surface area contributed by atoms with Gasteiger partial charge in [0.15, 0.2) is 11.5 Å². The fourth-order valence-corrected chi connectivity index (χ4v) is 7.01. The van der Waals surface area contributed by atoms with E-state index in [9.17, 15) is 19.8 Å². The number of phenolic OH excluding ortho intramolecular Hbond substituents is 1. The highest BCUT2D eigenvalue weighted by molar-refractivity contribution is 5.94. The fourth-order valence-electron chi connectivity index (χ4n) is 7.01. The maximum atomic E-state index is 12.4. The van der Waals surface area contributed by atoms with E-state index in [2.05, 4.69) is 10.2 Å². The molecule has 8 heteroatoms. The average molecular weight is 440 g/mol. The number of benzene rings is 1. The number of aromatic hydroxyl groups is 1. The van der Waals surface area contributed by atoms with E-state index in [0.29, 0.717) is 25.0 Å². The molecule has 6 rings (SSSR count). The van der Waals surface area contributed by atoms with Crippen molar-refractivity contribution in [2.75, 3.05) is 13.1 Å². The number of likely N-dealkylation sites (tertiary alicyclic amines) is 1. The number of carboxylic acid groups (broad SMARTS) is 1. The van der Waals surface area contributed by atoms with E-state index in [1.807, 2.05) is 6.07 Å². The summed E-state index contributed by atoms with van der Waals surface area (Å²) in [6.45, 7) is 1.85. The van der Waals surface area contributed by atoms with Crippen LogP contribution in [0.3, 0.4) is 0 Å². The van der Waals surface area contributed by atoms with Gasteiger partial charge in [-0.05, 0) is 62.6 Å². The topological polar surface area (TPSA) is 119 Å². The lowest BCUT2D eigenvalue weighted by molar-refractivity contribution is -0.192. The minimum absolute atomic E-state index is 0.0190. The number of carbonyl (C=O) groups is 2. The van der Waals surface area contributed by atoms with E-state index >= 15 is 0 Å². The van der Waals surface area contributed by atoms with Crippen LogP contribution in [0, 0.1) is 5.92 Å². The Kier molecular flexibility index (Phi) is 4.21. The molecule has 0 radical (unpaired) electrons. The van der Waals surface area contributed by atoms with E-state index in [0.717, 1.165) is 48.7 Å². The Balaban J connectivity index is 1.41. The summed E-state index contributed by atoms with van der Waals surface area (Å²) in [5.41, 5.74) is 0.307. The number of carbonyl (C=O) groups excluding carboxylic acids is 1. The second kappa shape index (κ2) is 6.71. The summed E-state index contributed by atoms with van der Waals surface area (Å²) in [5.74, 6) is -0.473. The Labute approximate surface area is 185 Å². The Morgan fingerprint density at radius 2 is 2.03 bits per heavy atom. The maximum Gasteiger partial charge on any atom is 0.328 e. The summed E-state index contributed by atoms with van der Waals surface area (Å²) in [7, 11) is 0. The van der Waals surface area contributed by atoms with E-state index in [4.69, 9.17) is 9.84 Å². The van der Waals surface area contributed by atoms with Gasteiger partial charge in [-0.25, -0.2) is 4.79 Å². The van der Waals surface area contributed by atoms with E-state index in [1.54, 1.807) is 6.07 Å². The number of rotatable bonds is 5. The SMILES string of the molecule is O=C(O)/C=C/C(=O)NC1CC[C@@]2(O)[C@H]3Cc4ccc(O)c5c4[C@@]2(CCN3CC2CC2)[C@H]1O5. The highest BCUT2D eigenvalue weighted by Crippen LogP contribution is 2.65. The molecule has 0 aromatic heterocycles. The molecule has 2 bridgehead atoms. The van der Waals surface area contributed by atoms with Gasteiger partial charge in [-0.3, -0.25) is 9.69 Å². The Morgan fingerprint density at radius 1 is 1.22 bits per heavy atom. The first-order valence-electron chi connectivity index (χ1n) is 11.5. The minimum Gasteiger partial charge on any atom is -0.504 e. The molecule has 1 aromatic carbocycles. The number of ether oxygens (including phenoxy) is 1. The van der Waals surface area contributed by atoms with Gasteiger partial charge in [0.25, 0.3) is 0 Å². The third-order valence-corrected chi connectivity index (χ3v) is 8.47. The van der Waals surface area contributed by atoms with Crippen molar-refractivity contribution in [1.82, 2.24) is 10.2 Å². The van der Waals surface area contributed by atoms with Gasteiger partial charge in [0.1, 0.15) is 6.10 Å². The molecule has 2 aliphatic heterocycles. The molecule has 5 aliphatic rings. The Morgan fingerprint density at radius 3 is 2.78 bits per heavy atom. The molecular weight excluding hydrogens is 412 g/mol. The maximum absolute atomic E-state index is 12.4.